The Balaban J connectivity index is 2.00. The fourth-order valence-corrected chi connectivity index (χ4v) is 2.75. The van der Waals surface area contributed by atoms with Gasteiger partial charge in [0, 0.05) is 30.9 Å². The fraction of sp³-hybridized carbons (Fsp3) is 0.375. The topological polar surface area (TPSA) is 47.4 Å². The zero-order valence-electron chi connectivity index (χ0n) is 12.7. The van der Waals surface area contributed by atoms with Crippen LogP contribution in [0, 0.1) is 19.7 Å². The number of aryl methyl sites for hydroxylation is 2. The van der Waals surface area contributed by atoms with Crippen LogP contribution in [0.15, 0.2) is 29.1 Å². The molecule has 1 aromatic carbocycles. The summed E-state index contributed by atoms with van der Waals surface area (Å²) in [5.41, 5.74) is 1.48. The van der Waals surface area contributed by atoms with E-state index in [0.29, 0.717) is 49.2 Å². The number of ether oxygens (including phenoxy) is 1. The molecule has 0 bridgehead atoms. The highest BCUT2D eigenvalue weighted by Gasteiger charge is 2.16. The van der Waals surface area contributed by atoms with E-state index >= 15 is 0 Å². The van der Waals surface area contributed by atoms with Crippen LogP contribution in [0.4, 0.5) is 10.1 Å². The summed E-state index contributed by atoms with van der Waals surface area (Å²) < 4.78 is 21.1. The smallest absolute Gasteiger partial charge is 0.258 e. The lowest BCUT2D eigenvalue weighted by atomic mass is 10.2. The second kappa shape index (κ2) is 5.88. The first-order chi connectivity index (χ1) is 10.6. The van der Waals surface area contributed by atoms with Gasteiger partial charge in [-0.3, -0.25) is 9.36 Å². The summed E-state index contributed by atoms with van der Waals surface area (Å²) in [7, 11) is 0. The molecule has 0 unspecified atom stereocenters. The van der Waals surface area contributed by atoms with E-state index in [-0.39, 0.29) is 11.4 Å². The lowest BCUT2D eigenvalue weighted by Crippen LogP contribution is -2.36. The Hall–Kier alpha value is -2.21. The lowest BCUT2D eigenvalue weighted by Gasteiger charge is -2.29. The molecule has 6 heteroatoms. The number of hydrogen-bond acceptors (Lipinski definition) is 4. The third kappa shape index (κ3) is 2.74. The molecule has 22 heavy (non-hydrogen) atoms. The first kappa shape index (κ1) is 14.7. The first-order valence-corrected chi connectivity index (χ1v) is 7.26. The third-order valence-corrected chi connectivity index (χ3v) is 3.76. The minimum atomic E-state index is -0.341. The molecule has 0 amide bonds. The van der Waals surface area contributed by atoms with E-state index in [1.807, 2.05) is 4.90 Å². The highest BCUT2D eigenvalue weighted by molar-refractivity contribution is 5.53. The molecule has 1 fully saturated rings. The third-order valence-electron chi connectivity index (χ3n) is 3.76. The molecule has 2 heterocycles. The van der Waals surface area contributed by atoms with Gasteiger partial charge in [0.05, 0.1) is 24.6 Å². The zero-order valence-corrected chi connectivity index (χ0v) is 12.7. The Bertz CT molecular complexity index is 752. The van der Waals surface area contributed by atoms with Gasteiger partial charge in [-0.1, -0.05) is 0 Å². The molecular formula is C16H18FN3O2. The first-order valence-electron chi connectivity index (χ1n) is 7.26. The van der Waals surface area contributed by atoms with Crippen LogP contribution in [0.3, 0.4) is 0 Å². The number of anilines is 1. The van der Waals surface area contributed by atoms with Crippen molar-refractivity contribution >= 4 is 5.69 Å². The number of hydrogen-bond donors (Lipinski definition) is 0. The maximum atomic E-state index is 14.4. The van der Waals surface area contributed by atoms with Crippen molar-refractivity contribution in [2.75, 3.05) is 31.2 Å². The monoisotopic (exact) mass is 303 g/mol. The molecule has 0 aliphatic carbocycles. The molecule has 0 spiro atoms. The molecule has 2 aromatic rings. The summed E-state index contributed by atoms with van der Waals surface area (Å²) in [6.45, 7) is 6.04. The van der Waals surface area contributed by atoms with E-state index in [9.17, 15) is 9.18 Å². The molecule has 1 aliphatic rings. The zero-order chi connectivity index (χ0) is 15.7. The fourth-order valence-electron chi connectivity index (χ4n) is 2.75. The molecule has 0 radical (unpaired) electrons. The van der Waals surface area contributed by atoms with Gasteiger partial charge in [-0.05, 0) is 26.0 Å². The SMILES string of the molecule is Cc1cc(=O)n(-c2ccc(N3CCOCC3)c(F)c2)c(C)n1. The number of rotatable bonds is 2. The number of benzene rings is 1. The van der Waals surface area contributed by atoms with Crippen LogP contribution in [0.1, 0.15) is 11.5 Å². The van der Waals surface area contributed by atoms with Crippen molar-refractivity contribution in [2.24, 2.45) is 0 Å². The number of morpholine rings is 1. The molecule has 3 rings (SSSR count). The van der Waals surface area contributed by atoms with Crippen molar-refractivity contribution < 1.29 is 9.13 Å². The molecule has 0 N–H and O–H groups in total. The molecular weight excluding hydrogens is 285 g/mol. The van der Waals surface area contributed by atoms with Crippen LogP contribution in [-0.4, -0.2) is 35.9 Å². The molecule has 116 valence electrons. The molecule has 0 saturated carbocycles. The summed E-state index contributed by atoms with van der Waals surface area (Å²) in [6.07, 6.45) is 0. The van der Waals surface area contributed by atoms with Gasteiger partial charge in [-0.2, -0.15) is 0 Å². The van der Waals surface area contributed by atoms with Gasteiger partial charge in [-0.25, -0.2) is 9.37 Å². The minimum Gasteiger partial charge on any atom is -0.378 e. The van der Waals surface area contributed by atoms with E-state index < -0.39 is 0 Å². The maximum Gasteiger partial charge on any atom is 0.258 e. The van der Waals surface area contributed by atoms with E-state index in [1.54, 1.807) is 26.0 Å². The molecule has 5 nitrogen and oxygen atoms in total. The number of nitrogens with zero attached hydrogens (tertiary/aromatic N) is 3. The normalized spacial score (nSPS) is 15.1. The van der Waals surface area contributed by atoms with E-state index in [4.69, 9.17) is 4.74 Å². The predicted molar refractivity (Wildman–Crippen MR) is 82.3 cm³/mol. The molecule has 1 aromatic heterocycles. The Labute approximate surface area is 128 Å². The van der Waals surface area contributed by atoms with Crippen molar-refractivity contribution in [2.45, 2.75) is 13.8 Å². The minimum absolute atomic E-state index is 0.205. The number of aromatic nitrogens is 2. The van der Waals surface area contributed by atoms with Crippen molar-refractivity contribution in [3.63, 3.8) is 0 Å². The Morgan fingerprint density at radius 1 is 1.18 bits per heavy atom. The van der Waals surface area contributed by atoms with Crippen LogP contribution < -0.4 is 10.5 Å². The number of halogens is 1. The van der Waals surface area contributed by atoms with Gasteiger partial charge in [-0.15, -0.1) is 0 Å². The van der Waals surface area contributed by atoms with E-state index in [1.165, 1.54) is 16.7 Å². The van der Waals surface area contributed by atoms with Crippen molar-refractivity contribution in [3.05, 3.63) is 52.0 Å². The van der Waals surface area contributed by atoms with Gasteiger partial charge < -0.3 is 9.64 Å². The second-order valence-corrected chi connectivity index (χ2v) is 5.35. The Morgan fingerprint density at radius 2 is 1.91 bits per heavy atom. The molecule has 1 aliphatic heterocycles. The van der Waals surface area contributed by atoms with Crippen LogP contribution >= 0.6 is 0 Å². The Morgan fingerprint density at radius 3 is 2.55 bits per heavy atom. The Kier molecular flexibility index (Phi) is 3.94. The largest absolute Gasteiger partial charge is 0.378 e. The van der Waals surface area contributed by atoms with Crippen molar-refractivity contribution in [1.82, 2.24) is 9.55 Å². The highest BCUT2D eigenvalue weighted by atomic mass is 19.1. The maximum absolute atomic E-state index is 14.4. The summed E-state index contributed by atoms with van der Waals surface area (Å²) in [5, 5.41) is 0. The molecule has 0 atom stereocenters. The predicted octanol–water partition coefficient (Wildman–Crippen LogP) is 1.83. The summed E-state index contributed by atoms with van der Waals surface area (Å²) in [6, 6.07) is 6.29. The van der Waals surface area contributed by atoms with Crippen LogP contribution in [-0.2, 0) is 4.74 Å². The van der Waals surface area contributed by atoms with Gasteiger partial charge in [0.15, 0.2) is 0 Å². The highest BCUT2D eigenvalue weighted by Crippen LogP contribution is 2.23. The van der Waals surface area contributed by atoms with Gasteiger partial charge in [0.1, 0.15) is 11.6 Å². The van der Waals surface area contributed by atoms with Gasteiger partial charge in [0.2, 0.25) is 0 Å². The van der Waals surface area contributed by atoms with Crippen LogP contribution in [0.5, 0.6) is 0 Å². The van der Waals surface area contributed by atoms with Crippen LogP contribution in [0.25, 0.3) is 5.69 Å². The lowest BCUT2D eigenvalue weighted by molar-refractivity contribution is 0.122. The van der Waals surface area contributed by atoms with Gasteiger partial charge >= 0.3 is 0 Å². The second-order valence-electron chi connectivity index (χ2n) is 5.35. The van der Waals surface area contributed by atoms with Crippen molar-refractivity contribution in [1.29, 1.82) is 0 Å². The standard InChI is InChI=1S/C16H18FN3O2/c1-11-9-16(21)20(12(2)18-11)13-3-4-15(14(17)10-13)19-5-7-22-8-6-19/h3-4,9-10H,5-8H2,1-2H3. The summed E-state index contributed by atoms with van der Waals surface area (Å²) in [5.74, 6) is 0.204. The average molecular weight is 303 g/mol. The summed E-state index contributed by atoms with van der Waals surface area (Å²) in [4.78, 5) is 18.3. The van der Waals surface area contributed by atoms with E-state index in [0.717, 1.165) is 0 Å². The average Bonchev–Trinajstić information content (AvgIpc) is 2.47. The van der Waals surface area contributed by atoms with E-state index in [2.05, 4.69) is 4.98 Å². The molecule has 1 saturated heterocycles. The van der Waals surface area contributed by atoms with Gasteiger partial charge in [0.25, 0.3) is 5.56 Å². The quantitative estimate of drug-likeness (QED) is 0.849. The summed E-state index contributed by atoms with van der Waals surface area (Å²) >= 11 is 0. The van der Waals surface area contributed by atoms with Crippen LogP contribution in [0.2, 0.25) is 0 Å². The van der Waals surface area contributed by atoms with Crippen molar-refractivity contribution in [3.8, 4) is 5.69 Å².